The van der Waals surface area contributed by atoms with Crippen molar-refractivity contribution in [3.05, 3.63) is 22.8 Å². The van der Waals surface area contributed by atoms with Gasteiger partial charge in [0.15, 0.2) is 23.1 Å². The number of hydrogen-bond acceptors (Lipinski definition) is 6. The van der Waals surface area contributed by atoms with E-state index < -0.39 is 11.2 Å². The Morgan fingerprint density at radius 2 is 1.92 bits per heavy atom. The van der Waals surface area contributed by atoms with Crippen LogP contribution in [-0.2, 0) is 9.53 Å². The quantitative estimate of drug-likeness (QED) is 0.587. The SMILES string of the molecule is COC(=O)C1(CC(=O)c2cc3c(F)c(OC)c(OC)cc3s2)CC1. The monoisotopic (exact) mass is 352 g/mol. The van der Waals surface area contributed by atoms with Gasteiger partial charge in [0.1, 0.15) is 0 Å². The molecular weight excluding hydrogens is 335 g/mol. The van der Waals surface area contributed by atoms with Crippen LogP contribution in [0.4, 0.5) is 4.39 Å². The number of ether oxygens (including phenoxy) is 3. The third-order valence-corrected chi connectivity index (χ3v) is 5.48. The summed E-state index contributed by atoms with van der Waals surface area (Å²) in [5.74, 6) is -0.814. The highest BCUT2D eigenvalue weighted by atomic mass is 32.1. The van der Waals surface area contributed by atoms with Crippen LogP contribution >= 0.6 is 11.3 Å². The molecule has 1 aromatic carbocycles. The molecule has 0 amide bonds. The van der Waals surface area contributed by atoms with Gasteiger partial charge in [0.05, 0.1) is 31.6 Å². The van der Waals surface area contributed by atoms with Crippen molar-refractivity contribution in [2.45, 2.75) is 19.3 Å². The van der Waals surface area contributed by atoms with Gasteiger partial charge in [0.2, 0.25) is 0 Å². The third-order valence-electron chi connectivity index (χ3n) is 4.35. The van der Waals surface area contributed by atoms with Crippen LogP contribution in [0.25, 0.3) is 10.1 Å². The summed E-state index contributed by atoms with van der Waals surface area (Å²) in [6, 6.07) is 3.15. The fraction of sp³-hybridized carbons (Fsp3) is 0.412. The summed E-state index contributed by atoms with van der Waals surface area (Å²) in [6.45, 7) is 0. The van der Waals surface area contributed by atoms with Gasteiger partial charge < -0.3 is 14.2 Å². The van der Waals surface area contributed by atoms with Crippen LogP contribution in [0.3, 0.4) is 0 Å². The highest BCUT2D eigenvalue weighted by molar-refractivity contribution is 7.20. The average Bonchev–Trinajstić information content (AvgIpc) is 3.23. The molecule has 24 heavy (non-hydrogen) atoms. The molecule has 1 aliphatic rings. The first-order valence-corrected chi connectivity index (χ1v) is 8.23. The smallest absolute Gasteiger partial charge is 0.312 e. The van der Waals surface area contributed by atoms with E-state index in [0.29, 0.717) is 27.8 Å². The molecule has 3 rings (SSSR count). The Morgan fingerprint density at radius 3 is 2.46 bits per heavy atom. The normalized spacial score (nSPS) is 15.2. The molecule has 0 unspecified atom stereocenters. The van der Waals surface area contributed by atoms with Crippen LogP contribution in [0.2, 0.25) is 0 Å². The van der Waals surface area contributed by atoms with Crippen molar-refractivity contribution in [3.8, 4) is 11.5 Å². The third kappa shape index (κ3) is 2.62. The Kier molecular flexibility index (Phi) is 4.21. The van der Waals surface area contributed by atoms with Gasteiger partial charge in [0.25, 0.3) is 0 Å². The molecule has 7 heteroatoms. The number of carbonyl (C=O) groups excluding carboxylic acids is 2. The number of esters is 1. The van der Waals surface area contributed by atoms with E-state index >= 15 is 0 Å². The van der Waals surface area contributed by atoms with Crippen LogP contribution in [0.5, 0.6) is 11.5 Å². The number of methoxy groups -OCH3 is 3. The maximum absolute atomic E-state index is 14.5. The second-order valence-corrected chi connectivity index (χ2v) is 6.90. The molecule has 0 aliphatic heterocycles. The lowest BCUT2D eigenvalue weighted by Crippen LogP contribution is -2.20. The van der Waals surface area contributed by atoms with E-state index in [1.807, 2.05) is 0 Å². The van der Waals surface area contributed by atoms with Gasteiger partial charge in [0, 0.05) is 22.6 Å². The molecule has 0 N–H and O–H groups in total. The Morgan fingerprint density at radius 1 is 1.21 bits per heavy atom. The topological polar surface area (TPSA) is 61.8 Å². The van der Waals surface area contributed by atoms with Crippen molar-refractivity contribution in [1.29, 1.82) is 0 Å². The zero-order valence-electron chi connectivity index (χ0n) is 13.6. The second kappa shape index (κ2) is 6.05. The first kappa shape index (κ1) is 16.7. The number of Topliss-reactive ketones (excluding diaryl/α,β-unsaturated/α-hetero) is 1. The molecule has 5 nitrogen and oxygen atoms in total. The van der Waals surface area contributed by atoms with E-state index in [1.54, 1.807) is 6.07 Å². The predicted molar refractivity (Wildman–Crippen MR) is 87.5 cm³/mol. The Labute approximate surface area is 142 Å². The van der Waals surface area contributed by atoms with Crippen LogP contribution in [-0.4, -0.2) is 33.1 Å². The molecule has 0 spiro atoms. The van der Waals surface area contributed by atoms with Crippen molar-refractivity contribution in [3.63, 3.8) is 0 Å². The molecule has 1 aliphatic carbocycles. The minimum absolute atomic E-state index is 0.00928. The lowest BCUT2D eigenvalue weighted by Gasteiger charge is -2.10. The van der Waals surface area contributed by atoms with Crippen LogP contribution in [0, 0.1) is 11.2 Å². The van der Waals surface area contributed by atoms with E-state index in [9.17, 15) is 14.0 Å². The van der Waals surface area contributed by atoms with Gasteiger partial charge in [-0.15, -0.1) is 11.3 Å². The lowest BCUT2D eigenvalue weighted by molar-refractivity contribution is -0.147. The molecule has 0 radical (unpaired) electrons. The van der Waals surface area contributed by atoms with E-state index in [1.165, 1.54) is 38.7 Å². The van der Waals surface area contributed by atoms with E-state index in [4.69, 9.17) is 14.2 Å². The predicted octanol–water partition coefficient (Wildman–Crippen LogP) is 3.58. The molecule has 0 saturated heterocycles. The first-order chi connectivity index (χ1) is 11.5. The molecule has 1 aromatic heterocycles. The summed E-state index contributed by atoms with van der Waals surface area (Å²) in [5, 5.41) is 0.309. The summed E-state index contributed by atoms with van der Waals surface area (Å²) < 4.78 is 30.1. The number of carbonyl (C=O) groups is 2. The molecule has 0 bridgehead atoms. The van der Waals surface area contributed by atoms with Crippen molar-refractivity contribution < 1.29 is 28.2 Å². The highest BCUT2D eigenvalue weighted by Gasteiger charge is 2.52. The van der Waals surface area contributed by atoms with Gasteiger partial charge in [-0.1, -0.05) is 0 Å². The number of rotatable bonds is 6. The zero-order chi connectivity index (χ0) is 17.5. The summed E-state index contributed by atoms with van der Waals surface area (Å²) in [6.07, 6.45) is 1.38. The number of benzene rings is 1. The van der Waals surface area contributed by atoms with Gasteiger partial charge >= 0.3 is 5.97 Å². The number of halogens is 1. The molecule has 2 aromatic rings. The summed E-state index contributed by atoms with van der Waals surface area (Å²) >= 11 is 1.18. The number of hydrogen-bond donors (Lipinski definition) is 0. The largest absolute Gasteiger partial charge is 0.493 e. The average molecular weight is 352 g/mol. The maximum Gasteiger partial charge on any atom is 0.312 e. The minimum atomic E-state index is -0.698. The Bertz CT molecular complexity index is 822. The minimum Gasteiger partial charge on any atom is -0.493 e. The van der Waals surface area contributed by atoms with Gasteiger partial charge in [-0.05, 0) is 18.9 Å². The number of fused-ring (bicyclic) bond motifs is 1. The molecule has 1 saturated carbocycles. The molecule has 1 fully saturated rings. The van der Waals surface area contributed by atoms with Crippen molar-refractivity contribution in [2.24, 2.45) is 5.41 Å². The Hall–Kier alpha value is -2.15. The molecular formula is C17H17FO5S. The number of thiophene rings is 1. The standard InChI is InChI=1S/C17H17FO5S/c1-21-11-7-12-9(14(18)15(11)22-2)6-13(24-12)10(19)8-17(4-5-17)16(20)23-3/h6-7H,4-5,8H2,1-3H3. The van der Waals surface area contributed by atoms with E-state index in [0.717, 1.165) is 0 Å². The fourth-order valence-corrected chi connectivity index (χ4v) is 3.82. The van der Waals surface area contributed by atoms with E-state index in [-0.39, 0.29) is 29.7 Å². The van der Waals surface area contributed by atoms with Crippen LogP contribution < -0.4 is 9.47 Å². The molecule has 128 valence electrons. The van der Waals surface area contributed by atoms with Crippen molar-refractivity contribution in [1.82, 2.24) is 0 Å². The zero-order valence-corrected chi connectivity index (χ0v) is 14.4. The van der Waals surface area contributed by atoms with Gasteiger partial charge in [-0.2, -0.15) is 0 Å². The van der Waals surface area contributed by atoms with Crippen LogP contribution in [0.15, 0.2) is 12.1 Å². The Balaban J connectivity index is 1.95. The summed E-state index contributed by atoms with van der Waals surface area (Å²) in [4.78, 5) is 24.7. The molecule has 0 atom stereocenters. The number of ketones is 1. The lowest BCUT2D eigenvalue weighted by atomic mass is 9.99. The highest BCUT2D eigenvalue weighted by Crippen LogP contribution is 2.51. The first-order valence-electron chi connectivity index (χ1n) is 7.41. The fourth-order valence-electron chi connectivity index (χ4n) is 2.79. The van der Waals surface area contributed by atoms with Gasteiger partial charge in [-0.3, -0.25) is 9.59 Å². The van der Waals surface area contributed by atoms with Gasteiger partial charge in [-0.25, -0.2) is 4.39 Å². The van der Waals surface area contributed by atoms with Crippen molar-refractivity contribution in [2.75, 3.05) is 21.3 Å². The summed E-state index contributed by atoms with van der Waals surface area (Å²) in [7, 11) is 4.11. The summed E-state index contributed by atoms with van der Waals surface area (Å²) in [5.41, 5.74) is -0.698. The van der Waals surface area contributed by atoms with E-state index in [2.05, 4.69) is 0 Å². The van der Waals surface area contributed by atoms with Crippen molar-refractivity contribution >= 4 is 33.2 Å². The second-order valence-electron chi connectivity index (χ2n) is 5.82. The maximum atomic E-state index is 14.5. The van der Waals surface area contributed by atoms with Crippen LogP contribution in [0.1, 0.15) is 28.9 Å². The molecule has 1 heterocycles.